The summed E-state index contributed by atoms with van der Waals surface area (Å²) < 4.78 is 28.2. The summed E-state index contributed by atoms with van der Waals surface area (Å²) in [6.45, 7) is 2.50. The number of likely N-dealkylation sites (N-methyl/N-ethyl adjacent to an activating group) is 1. The third kappa shape index (κ3) is 7.76. The first-order chi connectivity index (χ1) is 7.05. The highest BCUT2D eigenvalue weighted by atomic mass is 32.2. The fourth-order valence-corrected chi connectivity index (χ4v) is 3.06. The van der Waals surface area contributed by atoms with Crippen molar-refractivity contribution in [3.8, 4) is 0 Å². The van der Waals surface area contributed by atoms with E-state index in [-0.39, 0.29) is 11.8 Å². The van der Waals surface area contributed by atoms with Gasteiger partial charge in [0.15, 0.2) is 9.84 Å². The van der Waals surface area contributed by atoms with E-state index in [1.807, 2.05) is 0 Å². The molecule has 0 heterocycles. The van der Waals surface area contributed by atoms with Crippen molar-refractivity contribution in [1.82, 2.24) is 5.32 Å². The summed E-state index contributed by atoms with van der Waals surface area (Å²) in [4.78, 5) is 0. The van der Waals surface area contributed by atoms with Crippen LogP contribution < -0.4 is 5.32 Å². The number of rotatable bonds is 9. The largest absolute Gasteiger partial charge is 0.383 e. The van der Waals surface area contributed by atoms with Crippen LogP contribution in [0.4, 0.5) is 0 Å². The van der Waals surface area contributed by atoms with Crippen molar-refractivity contribution in [3.05, 3.63) is 0 Å². The molecule has 0 amide bonds. The van der Waals surface area contributed by atoms with Crippen LogP contribution in [-0.2, 0) is 14.6 Å². The molecule has 4 nitrogen and oxygen atoms in total. The minimum Gasteiger partial charge on any atom is -0.383 e. The molecule has 1 atom stereocenters. The van der Waals surface area contributed by atoms with Crippen molar-refractivity contribution >= 4 is 9.84 Å². The first-order valence-electron chi connectivity index (χ1n) is 5.42. The standard InChI is InChI=1S/C10H23NO3S/c1-4-5-6-7-15(12,13)9-10(11-2)8-14-3/h10-11H,4-9H2,1-3H3. The second-order valence-electron chi connectivity index (χ2n) is 3.76. The van der Waals surface area contributed by atoms with Gasteiger partial charge in [0.25, 0.3) is 0 Å². The Morgan fingerprint density at radius 2 is 2.00 bits per heavy atom. The van der Waals surface area contributed by atoms with Gasteiger partial charge >= 0.3 is 0 Å². The number of methoxy groups -OCH3 is 1. The first kappa shape index (κ1) is 14.9. The second kappa shape index (κ2) is 8.07. The van der Waals surface area contributed by atoms with Crippen molar-refractivity contribution in [2.24, 2.45) is 0 Å². The van der Waals surface area contributed by atoms with E-state index in [1.54, 1.807) is 14.2 Å². The minimum absolute atomic E-state index is 0.0957. The van der Waals surface area contributed by atoms with Crippen molar-refractivity contribution in [2.75, 3.05) is 32.3 Å². The lowest BCUT2D eigenvalue weighted by molar-refractivity contribution is 0.176. The highest BCUT2D eigenvalue weighted by molar-refractivity contribution is 7.91. The topological polar surface area (TPSA) is 55.4 Å². The zero-order chi connectivity index (χ0) is 11.7. The van der Waals surface area contributed by atoms with E-state index < -0.39 is 9.84 Å². The van der Waals surface area contributed by atoms with Gasteiger partial charge in [0.1, 0.15) is 0 Å². The number of unbranched alkanes of at least 4 members (excludes halogenated alkanes) is 2. The molecule has 0 aliphatic carbocycles. The van der Waals surface area contributed by atoms with Gasteiger partial charge in [-0.1, -0.05) is 19.8 Å². The van der Waals surface area contributed by atoms with Crippen molar-refractivity contribution in [2.45, 2.75) is 32.2 Å². The Labute approximate surface area is 93.3 Å². The lowest BCUT2D eigenvalue weighted by Gasteiger charge is -2.14. The Morgan fingerprint density at radius 3 is 2.47 bits per heavy atom. The van der Waals surface area contributed by atoms with Crippen LogP contribution in [0, 0.1) is 0 Å². The highest BCUT2D eigenvalue weighted by Gasteiger charge is 2.17. The van der Waals surface area contributed by atoms with Gasteiger partial charge in [0.2, 0.25) is 0 Å². The Balaban J connectivity index is 3.99. The Hall–Kier alpha value is -0.130. The molecule has 92 valence electrons. The number of ether oxygens (including phenoxy) is 1. The van der Waals surface area contributed by atoms with Gasteiger partial charge in [-0.15, -0.1) is 0 Å². The molecule has 5 heteroatoms. The normalized spacial score (nSPS) is 14.1. The third-order valence-electron chi connectivity index (χ3n) is 2.29. The number of hydrogen-bond acceptors (Lipinski definition) is 4. The van der Waals surface area contributed by atoms with E-state index in [1.165, 1.54) is 0 Å². The molecule has 1 unspecified atom stereocenters. The molecule has 0 saturated carbocycles. The number of nitrogens with one attached hydrogen (secondary N) is 1. The van der Waals surface area contributed by atoms with Gasteiger partial charge in [-0.05, 0) is 13.5 Å². The average Bonchev–Trinajstić information content (AvgIpc) is 2.17. The highest BCUT2D eigenvalue weighted by Crippen LogP contribution is 2.02. The summed E-state index contributed by atoms with van der Waals surface area (Å²) in [7, 11) is 0.403. The fraction of sp³-hybridized carbons (Fsp3) is 1.00. The van der Waals surface area contributed by atoms with Crippen molar-refractivity contribution in [3.63, 3.8) is 0 Å². The molecule has 0 spiro atoms. The molecule has 0 aromatic carbocycles. The minimum atomic E-state index is -2.93. The van der Waals surface area contributed by atoms with Crippen molar-refractivity contribution in [1.29, 1.82) is 0 Å². The van der Waals surface area contributed by atoms with E-state index in [0.29, 0.717) is 12.4 Å². The number of hydrogen-bond donors (Lipinski definition) is 1. The molecule has 0 aromatic heterocycles. The molecule has 0 bridgehead atoms. The third-order valence-corrected chi connectivity index (χ3v) is 4.11. The molecular weight excluding hydrogens is 214 g/mol. The molecule has 0 radical (unpaired) electrons. The van der Waals surface area contributed by atoms with Crippen LogP contribution in [0.1, 0.15) is 26.2 Å². The Bertz CT molecular complexity index is 239. The lowest BCUT2D eigenvalue weighted by Crippen LogP contribution is -2.37. The summed E-state index contributed by atoms with van der Waals surface area (Å²) >= 11 is 0. The monoisotopic (exact) mass is 237 g/mol. The predicted octanol–water partition coefficient (Wildman–Crippen LogP) is 0.826. The molecule has 0 aromatic rings. The van der Waals surface area contributed by atoms with E-state index in [9.17, 15) is 8.42 Å². The maximum absolute atomic E-state index is 11.7. The van der Waals surface area contributed by atoms with Crippen LogP contribution in [0.2, 0.25) is 0 Å². The molecule has 0 aliphatic rings. The zero-order valence-electron chi connectivity index (χ0n) is 9.95. The summed E-state index contributed by atoms with van der Waals surface area (Å²) in [5.74, 6) is 0.462. The van der Waals surface area contributed by atoms with Crippen LogP contribution in [0.15, 0.2) is 0 Å². The van der Waals surface area contributed by atoms with Crippen LogP contribution in [0.25, 0.3) is 0 Å². The maximum atomic E-state index is 11.7. The van der Waals surface area contributed by atoms with Gasteiger partial charge in [-0.3, -0.25) is 0 Å². The smallest absolute Gasteiger partial charge is 0.151 e. The first-order valence-corrected chi connectivity index (χ1v) is 7.24. The lowest BCUT2D eigenvalue weighted by atomic mass is 10.3. The van der Waals surface area contributed by atoms with E-state index in [4.69, 9.17) is 4.74 Å². The van der Waals surface area contributed by atoms with Crippen LogP contribution in [0.5, 0.6) is 0 Å². The van der Waals surface area contributed by atoms with E-state index >= 15 is 0 Å². The molecule has 15 heavy (non-hydrogen) atoms. The molecule has 0 aliphatic heterocycles. The predicted molar refractivity (Wildman–Crippen MR) is 62.9 cm³/mol. The summed E-state index contributed by atoms with van der Waals surface area (Å²) in [6.07, 6.45) is 2.79. The quantitative estimate of drug-likeness (QED) is 0.603. The van der Waals surface area contributed by atoms with Gasteiger partial charge in [0.05, 0.1) is 18.1 Å². The summed E-state index contributed by atoms with van der Waals surface area (Å²) in [5, 5.41) is 2.95. The Kier molecular flexibility index (Phi) is 8.00. The fourth-order valence-electron chi connectivity index (χ4n) is 1.38. The number of sulfone groups is 1. The van der Waals surface area contributed by atoms with Crippen LogP contribution in [0.3, 0.4) is 0 Å². The zero-order valence-corrected chi connectivity index (χ0v) is 10.8. The van der Waals surface area contributed by atoms with Gasteiger partial charge < -0.3 is 10.1 Å². The average molecular weight is 237 g/mol. The molecule has 1 N–H and O–H groups in total. The van der Waals surface area contributed by atoms with Gasteiger partial charge in [-0.2, -0.15) is 0 Å². The molecular formula is C10H23NO3S. The molecule has 0 saturated heterocycles. The second-order valence-corrected chi connectivity index (χ2v) is 5.99. The summed E-state index contributed by atoms with van der Waals surface area (Å²) in [6, 6.07) is -0.0957. The SMILES string of the molecule is CCCCCS(=O)(=O)CC(COC)NC. The van der Waals surface area contributed by atoms with Crippen molar-refractivity contribution < 1.29 is 13.2 Å². The maximum Gasteiger partial charge on any atom is 0.151 e. The molecule has 0 rings (SSSR count). The molecule has 0 fully saturated rings. The Morgan fingerprint density at radius 1 is 1.33 bits per heavy atom. The van der Waals surface area contributed by atoms with Gasteiger partial charge in [0, 0.05) is 13.2 Å². The van der Waals surface area contributed by atoms with Crippen LogP contribution >= 0.6 is 0 Å². The van der Waals surface area contributed by atoms with Gasteiger partial charge in [-0.25, -0.2) is 8.42 Å². The summed E-state index contributed by atoms with van der Waals surface area (Å²) in [5.41, 5.74) is 0. The van der Waals surface area contributed by atoms with E-state index in [0.717, 1.165) is 19.3 Å². The van der Waals surface area contributed by atoms with E-state index in [2.05, 4.69) is 12.2 Å². The van der Waals surface area contributed by atoms with Crippen LogP contribution in [-0.4, -0.2) is 46.7 Å².